The van der Waals surface area contributed by atoms with E-state index in [0.29, 0.717) is 6.04 Å². The van der Waals surface area contributed by atoms with Crippen molar-refractivity contribution < 1.29 is 4.74 Å². The topological polar surface area (TPSA) is 39.1 Å². The van der Waals surface area contributed by atoms with Gasteiger partial charge in [-0.25, -0.2) is 0 Å². The molecular weight excluding hydrogens is 250 g/mol. The predicted molar refractivity (Wildman–Crippen MR) is 84.2 cm³/mol. The highest BCUT2D eigenvalue weighted by molar-refractivity contribution is 5.13. The first-order valence-corrected chi connectivity index (χ1v) is 7.88. The smallest absolute Gasteiger partial charge is 0.0829 e. The molecule has 1 N–H and O–H groups in total. The standard InChI is InChI=1S/C16H31N3O/c1-7-13-11-14(19(10-4)18-13)12-15(17-5)16(8-2,9-3)20-6/h11,15,17H,7-10,12H2,1-6H3. The van der Waals surface area contributed by atoms with Gasteiger partial charge in [0.15, 0.2) is 0 Å². The Morgan fingerprint density at radius 1 is 1.30 bits per heavy atom. The third kappa shape index (κ3) is 3.41. The Bertz CT molecular complexity index is 388. The first-order chi connectivity index (χ1) is 9.60. The molecule has 4 nitrogen and oxygen atoms in total. The Labute approximate surface area is 123 Å². The lowest BCUT2D eigenvalue weighted by Crippen LogP contribution is -2.51. The van der Waals surface area contributed by atoms with E-state index in [9.17, 15) is 0 Å². The Hall–Kier alpha value is -0.870. The zero-order chi connectivity index (χ0) is 15.2. The summed E-state index contributed by atoms with van der Waals surface area (Å²) in [6, 6.07) is 2.54. The van der Waals surface area contributed by atoms with E-state index in [1.54, 1.807) is 0 Å². The van der Waals surface area contributed by atoms with Crippen LogP contribution < -0.4 is 5.32 Å². The molecular formula is C16H31N3O. The maximum atomic E-state index is 5.88. The van der Waals surface area contributed by atoms with Crippen LogP contribution in [0.1, 0.15) is 51.9 Å². The molecule has 20 heavy (non-hydrogen) atoms. The molecule has 0 fully saturated rings. The van der Waals surface area contributed by atoms with Crippen LogP contribution in [0.25, 0.3) is 0 Å². The molecule has 0 aliphatic carbocycles. The van der Waals surface area contributed by atoms with Gasteiger partial charge in [-0.15, -0.1) is 0 Å². The van der Waals surface area contributed by atoms with E-state index in [4.69, 9.17) is 4.74 Å². The molecule has 0 saturated carbocycles. The van der Waals surface area contributed by atoms with Crippen molar-refractivity contribution >= 4 is 0 Å². The van der Waals surface area contributed by atoms with E-state index in [1.165, 1.54) is 11.4 Å². The zero-order valence-corrected chi connectivity index (χ0v) is 14.0. The van der Waals surface area contributed by atoms with Gasteiger partial charge in [0.1, 0.15) is 0 Å². The fraction of sp³-hybridized carbons (Fsp3) is 0.812. The molecule has 116 valence electrons. The molecule has 0 bridgehead atoms. The van der Waals surface area contributed by atoms with Crippen LogP contribution in [-0.4, -0.2) is 35.6 Å². The molecule has 0 spiro atoms. The summed E-state index contributed by atoms with van der Waals surface area (Å²) in [6.45, 7) is 9.62. The maximum Gasteiger partial charge on any atom is 0.0829 e. The van der Waals surface area contributed by atoms with E-state index >= 15 is 0 Å². The summed E-state index contributed by atoms with van der Waals surface area (Å²) in [7, 11) is 3.85. The Balaban J connectivity index is 3.00. The predicted octanol–water partition coefficient (Wildman–Crippen LogP) is 2.80. The van der Waals surface area contributed by atoms with E-state index in [-0.39, 0.29) is 5.60 Å². The molecule has 4 heteroatoms. The average molecular weight is 281 g/mol. The quantitative estimate of drug-likeness (QED) is 0.756. The summed E-state index contributed by atoms with van der Waals surface area (Å²) in [5, 5.41) is 8.10. The number of nitrogens with one attached hydrogen (secondary N) is 1. The molecule has 0 aliphatic rings. The number of aromatic nitrogens is 2. The van der Waals surface area contributed by atoms with Gasteiger partial charge in [0.05, 0.1) is 11.3 Å². The lowest BCUT2D eigenvalue weighted by atomic mass is 9.85. The van der Waals surface area contributed by atoms with Gasteiger partial charge in [0.2, 0.25) is 0 Å². The third-order valence-electron chi connectivity index (χ3n) is 4.58. The van der Waals surface area contributed by atoms with Crippen molar-refractivity contribution in [2.75, 3.05) is 14.2 Å². The minimum absolute atomic E-state index is 0.107. The van der Waals surface area contributed by atoms with Crippen LogP contribution >= 0.6 is 0 Å². The van der Waals surface area contributed by atoms with Gasteiger partial charge in [-0.1, -0.05) is 20.8 Å². The molecule has 0 amide bonds. The summed E-state index contributed by atoms with van der Waals surface area (Å²) in [5.41, 5.74) is 2.36. The third-order valence-corrected chi connectivity index (χ3v) is 4.58. The van der Waals surface area contributed by atoms with Gasteiger partial charge < -0.3 is 10.1 Å². The van der Waals surface area contributed by atoms with Crippen molar-refractivity contribution in [1.82, 2.24) is 15.1 Å². The Morgan fingerprint density at radius 2 is 1.95 bits per heavy atom. The van der Waals surface area contributed by atoms with Crippen LogP contribution in [0, 0.1) is 0 Å². The monoisotopic (exact) mass is 281 g/mol. The van der Waals surface area contributed by atoms with Crippen molar-refractivity contribution in [3.8, 4) is 0 Å². The lowest BCUT2D eigenvalue weighted by Gasteiger charge is -2.38. The second kappa shape index (κ2) is 7.79. The van der Waals surface area contributed by atoms with Crippen LogP contribution in [0.3, 0.4) is 0 Å². The Kier molecular flexibility index (Phi) is 6.69. The van der Waals surface area contributed by atoms with E-state index in [1.807, 2.05) is 14.2 Å². The van der Waals surface area contributed by atoms with Crippen molar-refractivity contribution in [2.24, 2.45) is 0 Å². The zero-order valence-electron chi connectivity index (χ0n) is 14.0. The van der Waals surface area contributed by atoms with Gasteiger partial charge in [0, 0.05) is 31.8 Å². The number of hydrogen-bond acceptors (Lipinski definition) is 3. The summed E-state index contributed by atoms with van der Waals surface area (Å²) in [5.74, 6) is 0. The first-order valence-electron chi connectivity index (χ1n) is 7.88. The molecule has 1 unspecified atom stereocenters. The molecule has 0 saturated heterocycles. The minimum atomic E-state index is -0.107. The normalized spacial score (nSPS) is 13.7. The van der Waals surface area contributed by atoms with Gasteiger partial charge in [-0.05, 0) is 39.3 Å². The number of likely N-dealkylation sites (N-methyl/N-ethyl adjacent to an activating group) is 1. The molecule has 0 aliphatic heterocycles. The Morgan fingerprint density at radius 3 is 2.35 bits per heavy atom. The van der Waals surface area contributed by atoms with Gasteiger partial charge in [-0.3, -0.25) is 4.68 Å². The van der Waals surface area contributed by atoms with Gasteiger partial charge in [0.25, 0.3) is 0 Å². The van der Waals surface area contributed by atoms with Crippen molar-refractivity contribution in [3.05, 3.63) is 17.5 Å². The van der Waals surface area contributed by atoms with Gasteiger partial charge in [-0.2, -0.15) is 5.10 Å². The number of ether oxygens (including phenoxy) is 1. The molecule has 0 aromatic carbocycles. The largest absolute Gasteiger partial charge is 0.377 e. The second-order valence-electron chi connectivity index (χ2n) is 5.32. The molecule has 1 rings (SSSR count). The number of nitrogens with zero attached hydrogens (tertiary/aromatic N) is 2. The molecule has 1 aromatic rings. The van der Waals surface area contributed by atoms with E-state index in [0.717, 1.165) is 32.2 Å². The number of rotatable bonds is 9. The maximum absolute atomic E-state index is 5.88. The highest BCUT2D eigenvalue weighted by Gasteiger charge is 2.35. The summed E-state index contributed by atoms with van der Waals surface area (Å²) in [4.78, 5) is 0. The van der Waals surface area contributed by atoms with Crippen molar-refractivity contribution in [3.63, 3.8) is 0 Å². The van der Waals surface area contributed by atoms with Crippen molar-refractivity contribution in [1.29, 1.82) is 0 Å². The molecule has 1 heterocycles. The van der Waals surface area contributed by atoms with Crippen LogP contribution in [0.5, 0.6) is 0 Å². The number of hydrogen-bond donors (Lipinski definition) is 1. The van der Waals surface area contributed by atoms with Crippen molar-refractivity contribution in [2.45, 2.75) is 71.6 Å². The molecule has 0 radical (unpaired) electrons. The summed E-state index contributed by atoms with van der Waals surface area (Å²) >= 11 is 0. The van der Waals surface area contributed by atoms with Crippen LogP contribution in [0.15, 0.2) is 6.07 Å². The fourth-order valence-corrected chi connectivity index (χ4v) is 3.06. The highest BCUT2D eigenvalue weighted by Crippen LogP contribution is 2.26. The fourth-order valence-electron chi connectivity index (χ4n) is 3.06. The average Bonchev–Trinajstić information content (AvgIpc) is 2.90. The first kappa shape index (κ1) is 17.2. The highest BCUT2D eigenvalue weighted by atomic mass is 16.5. The van der Waals surface area contributed by atoms with E-state index in [2.05, 4.69) is 48.9 Å². The summed E-state index contributed by atoms with van der Waals surface area (Å²) in [6.07, 6.45) is 3.95. The molecule has 1 atom stereocenters. The van der Waals surface area contributed by atoms with E-state index < -0.39 is 0 Å². The second-order valence-corrected chi connectivity index (χ2v) is 5.32. The lowest BCUT2D eigenvalue weighted by molar-refractivity contribution is -0.0458. The van der Waals surface area contributed by atoms with Crippen LogP contribution in [0.4, 0.5) is 0 Å². The SMILES string of the molecule is CCc1cc(CC(NC)C(CC)(CC)OC)n(CC)n1. The molecule has 1 aromatic heterocycles. The number of methoxy groups -OCH3 is 1. The van der Waals surface area contributed by atoms with Gasteiger partial charge >= 0.3 is 0 Å². The van der Waals surface area contributed by atoms with Crippen LogP contribution in [0.2, 0.25) is 0 Å². The minimum Gasteiger partial charge on any atom is -0.377 e. The summed E-state index contributed by atoms with van der Waals surface area (Å²) < 4.78 is 8.00. The number of aryl methyl sites for hydroxylation is 2. The van der Waals surface area contributed by atoms with Crippen LogP contribution in [-0.2, 0) is 24.1 Å².